The summed E-state index contributed by atoms with van der Waals surface area (Å²) in [5, 5.41) is 10.2. The molecule has 4 aromatic rings. The van der Waals surface area contributed by atoms with E-state index in [1.807, 2.05) is 42.5 Å². The third-order valence-electron chi connectivity index (χ3n) is 5.63. The molecule has 3 aromatic carbocycles. The Labute approximate surface area is 187 Å². The van der Waals surface area contributed by atoms with Gasteiger partial charge in [-0.2, -0.15) is 0 Å². The monoisotopic (exact) mass is 429 g/mol. The van der Waals surface area contributed by atoms with Crippen molar-refractivity contribution in [1.82, 2.24) is 0 Å². The molecule has 0 spiro atoms. The summed E-state index contributed by atoms with van der Waals surface area (Å²) in [4.78, 5) is 11.3. The topological polar surface area (TPSA) is 85.7 Å². The molecule has 4 rings (SSSR count). The van der Waals surface area contributed by atoms with E-state index in [1.165, 1.54) is 0 Å². The molecule has 5 heteroatoms. The van der Waals surface area contributed by atoms with E-state index in [-0.39, 0.29) is 13.0 Å². The molecule has 0 saturated heterocycles. The van der Waals surface area contributed by atoms with Gasteiger partial charge in [-0.15, -0.1) is 0 Å². The zero-order chi connectivity index (χ0) is 22.7. The number of aliphatic carboxylic acids is 1. The Morgan fingerprint density at radius 1 is 1.03 bits per heavy atom. The maximum atomic E-state index is 11.3. The third kappa shape index (κ3) is 4.68. The van der Waals surface area contributed by atoms with E-state index in [4.69, 9.17) is 14.9 Å². The highest BCUT2D eigenvalue weighted by Crippen LogP contribution is 2.31. The maximum absolute atomic E-state index is 11.3. The average molecular weight is 430 g/mol. The number of carboxylic acids is 1. The number of nitrogens with two attached hydrogens (primary N) is 1. The number of carboxylic acid groups (broad SMARTS) is 1. The van der Waals surface area contributed by atoms with Gasteiger partial charge in [-0.1, -0.05) is 50.2 Å². The van der Waals surface area contributed by atoms with Crippen LogP contribution >= 0.6 is 0 Å². The Bertz CT molecular complexity index is 1260. The highest BCUT2D eigenvalue weighted by Gasteiger charge is 2.13. The molecule has 0 unspecified atom stereocenters. The molecule has 1 heterocycles. The molecule has 5 nitrogen and oxygen atoms in total. The van der Waals surface area contributed by atoms with Gasteiger partial charge in [-0.05, 0) is 52.4 Å². The second-order valence-electron chi connectivity index (χ2n) is 8.26. The number of carbonyl (C=O) groups is 1. The van der Waals surface area contributed by atoms with Crippen molar-refractivity contribution in [1.29, 1.82) is 0 Å². The largest absolute Gasteiger partial charge is 0.488 e. The van der Waals surface area contributed by atoms with Crippen molar-refractivity contribution < 1.29 is 19.1 Å². The van der Waals surface area contributed by atoms with Crippen molar-refractivity contribution in [2.45, 2.75) is 39.3 Å². The minimum absolute atomic E-state index is 0.0819. The lowest BCUT2D eigenvalue weighted by atomic mass is 9.99. The normalized spacial score (nSPS) is 11.2. The molecule has 1 aromatic heterocycles. The second kappa shape index (κ2) is 9.28. The highest BCUT2D eigenvalue weighted by molar-refractivity contribution is 5.86. The number of benzene rings is 3. The maximum Gasteiger partial charge on any atom is 0.307 e. The van der Waals surface area contributed by atoms with Gasteiger partial charge < -0.3 is 20.0 Å². The Morgan fingerprint density at radius 3 is 2.59 bits per heavy atom. The third-order valence-corrected chi connectivity index (χ3v) is 5.63. The minimum Gasteiger partial charge on any atom is -0.488 e. The van der Waals surface area contributed by atoms with E-state index >= 15 is 0 Å². The van der Waals surface area contributed by atoms with Crippen LogP contribution in [0.5, 0.6) is 5.75 Å². The summed E-state index contributed by atoms with van der Waals surface area (Å²) in [7, 11) is 0. The average Bonchev–Trinajstić information content (AvgIpc) is 3.20. The molecule has 3 N–H and O–H groups in total. The van der Waals surface area contributed by atoms with Crippen LogP contribution in [0.25, 0.3) is 22.1 Å². The predicted octanol–water partition coefficient (Wildman–Crippen LogP) is 5.89. The lowest BCUT2D eigenvalue weighted by Gasteiger charge is -2.14. The quantitative estimate of drug-likeness (QED) is 0.365. The van der Waals surface area contributed by atoms with Crippen molar-refractivity contribution >= 4 is 16.9 Å². The smallest absolute Gasteiger partial charge is 0.307 e. The molecule has 0 amide bonds. The van der Waals surface area contributed by atoms with Crippen molar-refractivity contribution in [3.8, 4) is 16.9 Å². The van der Waals surface area contributed by atoms with Gasteiger partial charge in [-0.25, -0.2) is 0 Å². The summed E-state index contributed by atoms with van der Waals surface area (Å²) in [6.07, 6.45) is 1.62. The molecule has 32 heavy (non-hydrogen) atoms. The van der Waals surface area contributed by atoms with Gasteiger partial charge in [-0.3, -0.25) is 4.79 Å². The zero-order valence-electron chi connectivity index (χ0n) is 18.3. The van der Waals surface area contributed by atoms with Crippen LogP contribution in [0.15, 0.2) is 71.3 Å². The van der Waals surface area contributed by atoms with Gasteiger partial charge >= 0.3 is 5.97 Å². The van der Waals surface area contributed by atoms with E-state index in [9.17, 15) is 9.90 Å². The minimum atomic E-state index is -0.884. The Hall–Kier alpha value is -3.57. The van der Waals surface area contributed by atoms with E-state index in [0.29, 0.717) is 23.8 Å². The highest BCUT2D eigenvalue weighted by atomic mass is 16.5. The number of furan rings is 1. The summed E-state index contributed by atoms with van der Waals surface area (Å²) in [5.41, 5.74) is 12.5. The fraction of sp³-hybridized carbons (Fsp3) is 0.222. The molecule has 0 atom stereocenters. The molecule has 0 bridgehead atoms. The number of hydrogen-bond donors (Lipinski definition) is 2. The number of rotatable bonds is 8. The second-order valence-corrected chi connectivity index (χ2v) is 8.26. The first-order valence-corrected chi connectivity index (χ1v) is 10.7. The van der Waals surface area contributed by atoms with Gasteiger partial charge in [0.15, 0.2) is 0 Å². The van der Waals surface area contributed by atoms with Crippen LogP contribution in [0.2, 0.25) is 0 Å². The van der Waals surface area contributed by atoms with Crippen LogP contribution in [-0.4, -0.2) is 11.1 Å². The van der Waals surface area contributed by atoms with Crippen LogP contribution in [-0.2, 0) is 24.4 Å². The van der Waals surface area contributed by atoms with Crippen molar-refractivity contribution in [3.63, 3.8) is 0 Å². The lowest BCUT2D eigenvalue weighted by Crippen LogP contribution is -2.05. The number of ether oxygens (including phenoxy) is 1. The van der Waals surface area contributed by atoms with Gasteiger partial charge in [0.1, 0.15) is 17.9 Å². The summed E-state index contributed by atoms with van der Waals surface area (Å²) in [5.74, 6) is 0.0304. The van der Waals surface area contributed by atoms with Crippen molar-refractivity contribution in [2.24, 2.45) is 5.73 Å². The van der Waals surface area contributed by atoms with Gasteiger partial charge in [0.25, 0.3) is 0 Å². The first-order chi connectivity index (χ1) is 15.4. The molecule has 0 saturated carbocycles. The number of fused-ring (bicyclic) bond motifs is 1. The standard InChI is InChI=1S/C27H27NO4/c1-17(2)19-6-7-22(13-27(29)30)26(12-19)32-16-23-15-31-25-9-8-21(11-24(23)25)20-5-3-4-18(10-20)14-28/h3-12,15,17H,13-14,16,28H2,1-2H3,(H,29,30). The van der Waals surface area contributed by atoms with Crippen LogP contribution in [0.1, 0.15) is 42.0 Å². The van der Waals surface area contributed by atoms with Crippen LogP contribution in [0.3, 0.4) is 0 Å². The van der Waals surface area contributed by atoms with Crippen molar-refractivity contribution in [3.05, 3.63) is 89.2 Å². The Morgan fingerprint density at radius 2 is 1.84 bits per heavy atom. The molecule has 164 valence electrons. The van der Waals surface area contributed by atoms with Crippen molar-refractivity contribution in [2.75, 3.05) is 0 Å². The molecule has 0 aliphatic rings. The summed E-state index contributed by atoms with van der Waals surface area (Å²) in [6, 6.07) is 20.0. The van der Waals surface area contributed by atoms with E-state index < -0.39 is 5.97 Å². The SMILES string of the molecule is CC(C)c1ccc(CC(=O)O)c(OCc2coc3ccc(-c4cccc(CN)c4)cc23)c1. The van der Waals surface area contributed by atoms with Gasteiger partial charge in [0.2, 0.25) is 0 Å². The fourth-order valence-electron chi connectivity index (χ4n) is 3.78. The summed E-state index contributed by atoms with van der Waals surface area (Å²) in [6.45, 7) is 4.98. The molecular formula is C27H27NO4. The fourth-order valence-corrected chi connectivity index (χ4v) is 3.78. The molecule has 0 radical (unpaired) electrons. The molecule has 0 fully saturated rings. The van der Waals surface area contributed by atoms with E-state index in [2.05, 4.69) is 32.0 Å². The van der Waals surface area contributed by atoms with Crippen LogP contribution in [0.4, 0.5) is 0 Å². The van der Waals surface area contributed by atoms with E-state index in [0.717, 1.165) is 38.8 Å². The first kappa shape index (κ1) is 21.7. The summed E-state index contributed by atoms with van der Waals surface area (Å²) < 4.78 is 11.9. The zero-order valence-corrected chi connectivity index (χ0v) is 18.3. The van der Waals surface area contributed by atoms with Gasteiger partial charge in [0, 0.05) is 23.1 Å². The number of hydrogen-bond acceptors (Lipinski definition) is 4. The predicted molar refractivity (Wildman–Crippen MR) is 126 cm³/mol. The first-order valence-electron chi connectivity index (χ1n) is 10.7. The summed E-state index contributed by atoms with van der Waals surface area (Å²) >= 11 is 0. The molecule has 0 aliphatic heterocycles. The Balaban J connectivity index is 1.64. The lowest BCUT2D eigenvalue weighted by molar-refractivity contribution is -0.136. The van der Waals surface area contributed by atoms with Crippen LogP contribution in [0, 0.1) is 0 Å². The molecule has 0 aliphatic carbocycles. The van der Waals surface area contributed by atoms with Gasteiger partial charge in [0.05, 0.1) is 12.7 Å². The molecular weight excluding hydrogens is 402 g/mol. The van der Waals surface area contributed by atoms with E-state index in [1.54, 1.807) is 6.26 Å². The Kier molecular flexibility index (Phi) is 6.28. The van der Waals surface area contributed by atoms with Crippen LogP contribution < -0.4 is 10.5 Å².